The van der Waals surface area contributed by atoms with Crippen molar-refractivity contribution in [2.45, 2.75) is 26.3 Å². The van der Waals surface area contributed by atoms with Gasteiger partial charge in [-0.2, -0.15) is 0 Å². The highest BCUT2D eigenvalue weighted by molar-refractivity contribution is 5.81. The predicted octanol–water partition coefficient (Wildman–Crippen LogP) is 1.98. The highest BCUT2D eigenvalue weighted by Crippen LogP contribution is 2.18. The molecule has 0 aliphatic carbocycles. The van der Waals surface area contributed by atoms with E-state index >= 15 is 0 Å². The number of rotatable bonds is 8. The minimum Gasteiger partial charge on any atom is -0.492 e. The van der Waals surface area contributed by atoms with Crippen LogP contribution < -0.4 is 10.1 Å². The summed E-state index contributed by atoms with van der Waals surface area (Å²) in [6.45, 7) is 6.00. The van der Waals surface area contributed by atoms with Crippen LogP contribution >= 0.6 is 0 Å². The maximum absolute atomic E-state index is 12.1. The average Bonchev–Trinajstić information content (AvgIpc) is 2.69. The third-order valence-corrected chi connectivity index (χ3v) is 4.71. The molecule has 0 saturated carbocycles. The van der Waals surface area contributed by atoms with Gasteiger partial charge in [-0.3, -0.25) is 9.79 Å². The van der Waals surface area contributed by atoms with Crippen LogP contribution in [0.5, 0.6) is 5.75 Å². The van der Waals surface area contributed by atoms with Crippen molar-refractivity contribution in [2.75, 3.05) is 54.0 Å². The Morgan fingerprint density at radius 2 is 2.21 bits per heavy atom. The van der Waals surface area contributed by atoms with Gasteiger partial charge in [-0.15, -0.1) is 0 Å². The molecule has 28 heavy (non-hydrogen) atoms. The molecular formula is C21H34N4O3. The van der Waals surface area contributed by atoms with Crippen LogP contribution in [0.15, 0.2) is 29.3 Å². The van der Waals surface area contributed by atoms with E-state index in [1.165, 1.54) is 0 Å². The quantitative estimate of drug-likeness (QED) is 0.416. The second kappa shape index (κ2) is 11.5. The zero-order valence-electron chi connectivity index (χ0n) is 17.6. The summed E-state index contributed by atoms with van der Waals surface area (Å²) < 4.78 is 11.0. The zero-order chi connectivity index (χ0) is 20.4. The average molecular weight is 391 g/mol. The van der Waals surface area contributed by atoms with Crippen molar-refractivity contribution in [3.05, 3.63) is 29.8 Å². The summed E-state index contributed by atoms with van der Waals surface area (Å²) >= 11 is 0. The van der Waals surface area contributed by atoms with Gasteiger partial charge >= 0.3 is 5.97 Å². The summed E-state index contributed by atoms with van der Waals surface area (Å²) in [5.74, 6) is 1.50. The molecule has 7 nitrogen and oxygen atoms in total. The second-order valence-electron chi connectivity index (χ2n) is 7.24. The molecule has 0 amide bonds. The summed E-state index contributed by atoms with van der Waals surface area (Å²) in [6, 6.07) is 8.09. The van der Waals surface area contributed by atoms with Crippen LogP contribution in [0.2, 0.25) is 0 Å². The van der Waals surface area contributed by atoms with Crippen molar-refractivity contribution < 1.29 is 14.3 Å². The van der Waals surface area contributed by atoms with E-state index in [0.29, 0.717) is 26.3 Å². The molecule has 1 unspecified atom stereocenters. The monoisotopic (exact) mass is 390 g/mol. The molecule has 1 saturated heterocycles. The standard InChI is InChI=1S/C21H34N4O3/c1-5-27-20(26)18-9-7-11-25(16-18)21(22-2)23-15-17-8-6-10-19(14-17)28-13-12-24(3)4/h6,8,10,14,18H,5,7,9,11-13,15-16H2,1-4H3,(H,22,23). The number of benzene rings is 1. The number of ether oxygens (including phenoxy) is 2. The molecule has 1 aromatic rings. The number of nitrogens with one attached hydrogen (secondary N) is 1. The van der Waals surface area contributed by atoms with Gasteiger partial charge in [-0.05, 0) is 51.6 Å². The number of piperidine rings is 1. The number of hydrogen-bond donors (Lipinski definition) is 1. The van der Waals surface area contributed by atoms with Gasteiger partial charge in [0, 0.05) is 33.2 Å². The summed E-state index contributed by atoms with van der Waals surface area (Å²) in [7, 11) is 5.84. The Morgan fingerprint density at radius 1 is 1.39 bits per heavy atom. The van der Waals surface area contributed by atoms with Crippen LogP contribution in [0.25, 0.3) is 0 Å². The van der Waals surface area contributed by atoms with E-state index in [4.69, 9.17) is 9.47 Å². The fraction of sp³-hybridized carbons (Fsp3) is 0.619. The molecule has 1 heterocycles. The Morgan fingerprint density at radius 3 is 2.93 bits per heavy atom. The van der Waals surface area contributed by atoms with Crippen LogP contribution in [0.3, 0.4) is 0 Å². The molecule has 1 aromatic carbocycles. The summed E-state index contributed by atoms with van der Waals surface area (Å²) in [4.78, 5) is 20.7. The third-order valence-electron chi connectivity index (χ3n) is 4.71. The van der Waals surface area contributed by atoms with Gasteiger partial charge in [0.25, 0.3) is 0 Å². The lowest BCUT2D eigenvalue weighted by atomic mass is 9.98. The lowest BCUT2D eigenvalue weighted by Crippen LogP contribution is -2.48. The number of carbonyl (C=O) groups excluding carboxylic acids is 1. The smallest absolute Gasteiger partial charge is 0.310 e. The molecule has 0 spiro atoms. The molecule has 0 radical (unpaired) electrons. The second-order valence-corrected chi connectivity index (χ2v) is 7.24. The maximum atomic E-state index is 12.1. The van der Waals surface area contributed by atoms with Crippen molar-refractivity contribution in [1.29, 1.82) is 0 Å². The zero-order valence-corrected chi connectivity index (χ0v) is 17.6. The molecule has 1 atom stereocenters. The first-order chi connectivity index (χ1) is 13.5. The van der Waals surface area contributed by atoms with Crippen molar-refractivity contribution in [1.82, 2.24) is 15.1 Å². The third kappa shape index (κ3) is 7.03. The van der Waals surface area contributed by atoms with Crippen LogP contribution in [0, 0.1) is 5.92 Å². The number of likely N-dealkylation sites (tertiary alicyclic amines) is 1. The van der Waals surface area contributed by atoms with Gasteiger partial charge in [-0.25, -0.2) is 0 Å². The molecule has 0 aromatic heterocycles. The van der Waals surface area contributed by atoms with Gasteiger partial charge in [-0.1, -0.05) is 12.1 Å². The predicted molar refractivity (Wildman–Crippen MR) is 112 cm³/mol. The topological polar surface area (TPSA) is 66.4 Å². The fourth-order valence-electron chi connectivity index (χ4n) is 3.23. The highest BCUT2D eigenvalue weighted by atomic mass is 16.5. The van der Waals surface area contributed by atoms with Crippen LogP contribution in [-0.4, -0.2) is 75.7 Å². The highest BCUT2D eigenvalue weighted by Gasteiger charge is 2.28. The van der Waals surface area contributed by atoms with Crippen molar-refractivity contribution in [3.63, 3.8) is 0 Å². The van der Waals surface area contributed by atoms with Crippen LogP contribution in [0.4, 0.5) is 0 Å². The molecule has 1 fully saturated rings. The lowest BCUT2D eigenvalue weighted by Gasteiger charge is -2.34. The van der Waals surface area contributed by atoms with E-state index < -0.39 is 0 Å². The number of likely N-dealkylation sites (N-methyl/N-ethyl adjacent to an activating group) is 1. The number of carbonyl (C=O) groups is 1. The van der Waals surface area contributed by atoms with E-state index in [1.54, 1.807) is 7.05 Å². The van der Waals surface area contributed by atoms with E-state index in [-0.39, 0.29) is 11.9 Å². The number of hydrogen-bond acceptors (Lipinski definition) is 5. The molecular weight excluding hydrogens is 356 g/mol. The molecule has 7 heteroatoms. The van der Waals surface area contributed by atoms with E-state index in [9.17, 15) is 4.79 Å². The molecule has 1 N–H and O–H groups in total. The van der Waals surface area contributed by atoms with Crippen LogP contribution in [-0.2, 0) is 16.1 Å². The normalized spacial score (nSPS) is 17.5. The number of esters is 1. The molecule has 0 bridgehead atoms. The van der Waals surface area contributed by atoms with Gasteiger partial charge in [0.2, 0.25) is 0 Å². The van der Waals surface area contributed by atoms with Crippen molar-refractivity contribution >= 4 is 11.9 Å². The first kappa shape index (κ1) is 22.0. The molecule has 2 rings (SSSR count). The summed E-state index contributed by atoms with van der Waals surface area (Å²) in [5.41, 5.74) is 1.13. The van der Waals surface area contributed by atoms with Gasteiger partial charge in [0.1, 0.15) is 12.4 Å². The molecule has 1 aliphatic rings. The Balaban J connectivity index is 1.88. The van der Waals surface area contributed by atoms with E-state index in [1.807, 2.05) is 39.2 Å². The molecule has 156 valence electrons. The van der Waals surface area contributed by atoms with E-state index in [2.05, 4.69) is 26.2 Å². The van der Waals surface area contributed by atoms with Crippen LogP contribution in [0.1, 0.15) is 25.3 Å². The first-order valence-electron chi connectivity index (χ1n) is 10.0. The van der Waals surface area contributed by atoms with Crippen molar-refractivity contribution in [2.24, 2.45) is 10.9 Å². The largest absolute Gasteiger partial charge is 0.492 e. The van der Waals surface area contributed by atoms with Gasteiger partial charge < -0.3 is 24.6 Å². The summed E-state index contributed by atoms with van der Waals surface area (Å²) in [5, 5.41) is 3.41. The summed E-state index contributed by atoms with van der Waals surface area (Å²) in [6.07, 6.45) is 1.83. The van der Waals surface area contributed by atoms with Crippen molar-refractivity contribution in [3.8, 4) is 5.75 Å². The Hall–Kier alpha value is -2.28. The fourth-order valence-corrected chi connectivity index (χ4v) is 3.23. The van der Waals surface area contributed by atoms with Gasteiger partial charge in [0.15, 0.2) is 5.96 Å². The SMILES string of the molecule is CCOC(=O)C1CCCN(C(=NC)NCc2cccc(OCCN(C)C)c2)C1. The Kier molecular flexibility index (Phi) is 9.07. The Bertz CT molecular complexity index is 648. The van der Waals surface area contributed by atoms with Gasteiger partial charge in [0.05, 0.1) is 12.5 Å². The number of nitrogens with zero attached hydrogens (tertiary/aromatic N) is 3. The number of guanidine groups is 1. The maximum Gasteiger partial charge on any atom is 0.310 e. The number of aliphatic imine (C=N–C) groups is 1. The minimum absolute atomic E-state index is 0.0827. The molecule has 1 aliphatic heterocycles. The minimum atomic E-state index is -0.106. The van der Waals surface area contributed by atoms with E-state index in [0.717, 1.165) is 43.2 Å². The first-order valence-corrected chi connectivity index (χ1v) is 10.0. The lowest BCUT2D eigenvalue weighted by molar-refractivity contribution is -0.149. The Labute approximate surface area is 168 Å².